The first kappa shape index (κ1) is 14.1. The molecular weight excluding hydrogens is 252 g/mol. The number of hydrogen-bond acceptors (Lipinski definition) is 3. The Kier molecular flexibility index (Phi) is 4.71. The Morgan fingerprint density at radius 3 is 2.75 bits per heavy atom. The van der Waals surface area contributed by atoms with E-state index in [9.17, 15) is 4.79 Å². The number of carbonyl (C=O) groups is 1. The van der Waals surface area contributed by atoms with Gasteiger partial charge >= 0.3 is 0 Å². The van der Waals surface area contributed by atoms with Gasteiger partial charge in [0.2, 0.25) is 0 Å². The van der Waals surface area contributed by atoms with Gasteiger partial charge in [-0.25, -0.2) is 0 Å². The molecular formula is C16H18N2O2. The van der Waals surface area contributed by atoms with Crippen LogP contribution in [0.3, 0.4) is 0 Å². The lowest BCUT2D eigenvalue weighted by molar-refractivity contribution is 0.0939. The average molecular weight is 270 g/mol. The molecule has 0 aliphatic carbocycles. The highest BCUT2D eigenvalue weighted by Crippen LogP contribution is 2.15. The SMILES string of the molecule is CCOc1cccc(C(=O)N[C@@H](C)c2ccncc2)c1. The predicted octanol–water partition coefficient (Wildman–Crippen LogP) is 2.97. The largest absolute Gasteiger partial charge is 0.494 e. The fraction of sp³-hybridized carbons (Fsp3) is 0.250. The summed E-state index contributed by atoms with van der Waals surface area (Å²) in [6.07, 6.45) is 3.43. The molecule has 0 saturated carbocycles. The number of hydrogen-bond donors (Lipinski definition) is 1. The van der Waals surface area contributed by atoms with E-state index in [1.807, 2.05) is 38.1 Å². The monoisotopic (exact) mass is 270 g/mol. The van der Waals surface area contributed by atoms with Gasteiger partial charge in [0.25, 0.3) is 5.91 Å². The summed E-state index contributed by atoms with van der Waals surface area (Å²) in [7, 11) is 0. The van der Waals surface area contributed by atoms with E-state index in [0.29, 0.717) is 17.9 Å². The van der Waals surface area contributed by atoms with Crippen molar-refractivity contribution in [1.82, 2.24) is 10.3 Å². The first-order valence-corrected chi connectivity index (χ1v) is 6.64. The number of aromatic nitrogens is 1. The lowest BCUT2D eigenvalue weighted by Crippen LogP contribution is -2.26. The normalized spacial score (nSPS) is 11.7. The number of nitrogens with zero attached hydrogens (tertiary/aromatic N) is 1. The maximum atomic E-state index is 12.2. The minimum Gasteiger partial charge on any atom is -0.494 e. The van der Waals surface area contributed by atoms with Gasteiger partial charge in [0.15, 0.2) is 0 Å². The second-order valence-electron chi connectivity index (χ2n) is 4.44. The Morgan fingerprint density at radius 2 is 2.05 bits per heavy atom. The van der Waals surface area contributed by atoms with E-state index in [4.69, 9.17) is 4.74 Å². The third kappa shape index (κ3) is 3.57. The summed E-state index contributed by atoms with van der Waals surface area (Å²) in [6, 6.07) is 10.9. The molecule has 20 heavy (non-hydrogen) atoms. The molecule has 1 N–H and O–H groups in total. The van der Waals surface area contributed by atoms with Crippen LogP contribution in [0.1, 0.15) is 35.8 Å². The molecule has 0 unspecified atom stereocenters. The second-order valence-corrected chi connectivity index (χ2v) is 4.44. The van der Waals surface area contributed by atoms with Crippen molar-refractivity contribution in [1.29, 1.82) is 0 Å². The highest BCUT2D eigenvalue weighted by Gasteiger charge is 2.11. The Balaban J connectivity index is 2.06. The molecule has 4 nitrogen and oxygen atoms in total. The summed E-state index contributed by atoms with van der Waals surface area (Å²) >= 11 is 0. The van der Waals surface area contributed by atoms with Crippen LogP contribution >= 0.6 is 0 Å². The van der Waals surface area contributed by atoms with Crippen LogP contribution in [0.5, 0.6) is 5.75 Å². The Morgan fingerprint density at radius 1 is 1.30 bits per heavy atom. The average Bonchev–Trinajstić information content (AvgIpc) is 2.48. The molecule has 104 valence electrons. The lowest BCUT2D eigenvalue weighted by Gasteiger charge is -2.14. The summed E-state index contributed by atoms with van der Waals surface area (Å²) in [5, 5.41) is 2.96. The van der Waals surface area contributed by atoms with Crippen LogP contribution in [0.25, 0.3) is 0 Å². The van der Waals surface area contributed by atoms with E-state index in [1.54, 1.807) is 24.5 Å². The molecule has 1 atom stereocenters. The number of pyridine rings is 1. The molecule has 1 aromatic carbocycles. The number of benzene rings is 1. The maximum Gasteiger partial charge on any atom is 0.251 e. The number of carbonyl (C=O) groups excluding carboxylic acids is 1. The van der Waals surface area contributed by atoms with Gasteiger partial charge in [-0.2, -0.15) is 0 Å². The van der Waals surface area contributed by atoms with Crippen LogP contribution in [0.15, 0.2) is 48.8 Å². The zero-order valence-electron chi connectivity index (χ0n) is 11.7. The van der Waals surface area contributed by atoms with Crippen LogP contribution in [0, 0.1) is 0 Å². The summed E-state index contributed by atoms with van der Waals surface area (Å²) in [4.78, 5) is 16.2. The number of ether oxygens (including phenoxy) is 1. The van der Waals surface area contributed by atoms with E-state index in [1.165, 1.54) is 0 Å². The first-order chi connectivity index (χ1) is 9.70. The van der Waals surface area contributed by atoms with Gasteiger partial charge in [-0.3, -0.25) is 9.78 Å². The maximum absolute atomic E-state index is 12.2. The van der Waals surface area contributed by atoms with Gasteiger partial charge in [-0.15, -0.1) is 0 Å². The predicted molar refractivity (Wildman–Crippen MR) is 77.7 cm³/mol. The minimum atomic E-state index is -0.115. The van der Waals surface area contributed by atoms with Crippen molar-refractivity contribution in [3.8, 4) is 5.75 Å². The third-order valence-electron chi connectivity index (χ3n) is 2.96. The third-order valence-corrected chi connectivity index (χ3v) is 2.96. The topological polar surface area (TPSA) is 51.2 Å². The van der Waals surface area contributed by atoms with Crippen molar-refractivity contribution in [2.24, 2.45) is 0 Å². The highest BCUT2D eigenvalue weighted by atomic mass is 16.5. The smallest absolute Gasteiger partial charge is 0.251 e. The molecule has 0 aliphatic rings. The summed E-state index contributed by atoms with van der Waals surface area (Å²) < 4.78 is 5.40. The molecule has 1 aromatic heterocycles. The van der Waals surface area contributed by atoms with Crippen molar-refractivity contribution >= 4 is 5.91 Å². The molecule has 2 rings (SSSR count). The summed E-state index contributed by atoms with van der Waals surface area (Å²) in [5.74, 6) is 0.590. The van der Waals surface area contributed by atoms with Gasteiger partial charge in [0, 0.05) is 18.0 Å². The van der Waals surface area contributed by atoms with Crippen LogP contribution in [-0.4, -0.2) is 17.5 Å². The van der Waals surface area contributed by atoms with Gasteiger partial charge in [0.05, 0.1) is 12.6 Å². The standard InChI is InChI=1S/C16H18N2O2/c1-3-20-15-6-4-5-14(11-15)16(19)18-12(2)13-7-9-17-10-8-13/h4-12H,3H2,1-2H3,(H,18,19)/t12-/m0/s1. The van der Waals surface area contributed by atoms with Gasteiger partial charge in [-0.1, -0.05) is 6.07 Å². The minimum absolute atomic E-state index is 0.0683. The van der Waals surface area contributed by atoms with E-state index in [0.717, 1.165) is 5.56 Å². The van der Waals surface area contributed by atoms with Crippen molar-refractivity contribution in [2.75, 3.05) is 6.61 Å². The molecule has 0 spiro atoms. The molecule has 0 saturated heterocycles. The Labute approximate surface area is 118 Å². The van der Waals surface area contributed by atoms with Gasteiger partial charge < -0.3 is 10.1 Å². The highest BCUT2D eigenvalue weighted by molar-refractivity contribution is 5.94. The second kappa shape index (κ2) is 6.70. The van der Waals surface area contributed by atoms with Crippen LogP contribution < -0.4 is 10.1 Å². The summed E-state index contributed by atoms with van der Waals surface area (Å²) in [5.41, 5.74) is 1.62. The van der Waals surface area contributed by atoms with E-state index >= 15 is 0 Å². The molecule has 2 aromatic rings. The zero-order chi connectivity index (χ0) is 14.4. The molecule has 0 bridgehead atoms. The molecule has 0 aliphatic heterocycles. The Bertz CT molecular complexity index is 570. The van der Waals surface area contributed by atoms with Gasteiger partial charge in [-0.05, 0) is 49.7 Å². The lowest BCUT2D eigenvalue weighted by atomic mass is 10.1. The van der Waals surface area contributed by atoms with Crippen molar-refractivity contribution < 1.29 is 9.53 Å². The molecule has 1 amide bonds. The van der Waals surface area contributed by atoms with Crippen molar-refractivity contribution in [3.05, 3.63) is 59.9 Å². The molecule has 4 heteroatoms. The fourth-order valence-corrected chi connectivity index (χ4v) is 1.91. The van der Waals surface area contributed by atoms with Crippen LogP contribution in [0.4, 0.5) is 0 Å². The van der Waals surface area contributed by atoms with Crippen LogP contribution in [-0.2, 0) is 0 Å². The van der Waals surface area contributed by atoms with Crippen LogP contribution in [0.2, 0.25) is 0 Å². The van der Waals surface area contributed by atoms with Crippen molar-refractivity contribution in [3.63, 3.8) is 0 Å². The quantitative estimate of drug-likeness (QED) is 0.908. The van der Waals surface area contributed by atoms with Crippen molar-refractivity contribution in [2.45, 2.75) is 19.9 Å². The molecule has 1 heterocycles. The van der Waals surface area contributed by atoms with E-state index in [-0.39, 0.29) is 11.9 Å². The number of nitrogens with one attached hydrogen (secondary N) is 1. The zero-order valence-corrected chi connectivity index (χ0v) is 11.7. The Hall–Kier alpha value is -2.36. The van der Waals surface area contributed by atoms with E-state index in [2.05, 4.69) is 10.3 Å². The first-order valence-electron chi connectivity index (χ1n) is 6.64. The fourth-order valence-electron chi connectivity index (χ4n) is 1.91. The van der Waals surface area contributed by atoms with E-state index < -0.39 is 0 Å². The molecule has 0 radical (unpaired) electrons. The number of rotatable bonds is 5. The number of amides is 1. The van der Waals surface area contributed by atoms with Gasteiger partial charge in [0.1, 0.15) is 5.75 Å². The molecule has 0 fully saturated rings. The summed E-state index contributed by atoms with van der Waals surface area (Å²) in [6.45, 7) is 4.44.